The fraction of sp³-hybridized carbons (Fsp3) is 0.538. The Hall–Kier alpha value is -2.47. The molecule has 0 bridgehead atoms. The van der Waals surface area contributed by atoms with E-state index in [-0.39, 0.29) is 24.3 Å². The van der Waals surface area contributed by atoms with Crippen molar-refractivity contribution in [2.45, 2.75) is 45.1 Å². The van der Waals surface area contributed by atoms with Gasteiger partial charge in [0.2, 0.25) is 5.91 Å². The molecule has 4 heterocycles. The Labute approximate surface area is 217 Å². The first-order valence-corrected chi connectivity index (χ1v) is 14.3. The number of hydrogen-bond donors (Lipinski definition) is 3. The van der Waals surface area contributed by atoms with Crippen LogP contribution in [0, 0.1) is 18.3 Å². The zero-order valence-electron chi connectivity index (χ0n) is 21.1. The van der Waals surface area contributed by atoms with Crippen molar-refractivity contribution >= 4 is 28.4 Å². The summed E-state index contributed by atoms with van der Waals surface area (Å²) in [7, 11) is -1.92. The predicted octanol–water partition coefficient (Wildman–Crippen LogP) is 4.65. The van der Waals surface area contributed by atoms with Crippen molar-refractivity contribution in [3.05, 3.63) is 41.5 Å². The molecular formula is C26H33F2N5O3S. The van der Waals surface area contributed by atoms with Crippen LogP contribution in [0.5, 0.6) is 0 Å². The Balaban J connectivity index is 1.25. The molecule has 1 saturated carbocycles. The number of rotatable bonds is 5. The van der Waals surface area contributed by atoms with Crippen molar-refractivity contribution in [1.82, 2.24) is 15.2 Å². The fourth-order valence-electron chi connectivity index (χ4n) is 6.05. The summed E-state index contributed by atoms with van der Waals surface area (Å²) in [5.41, 5.74) is 3.96. The highest BCUT2D eigenvalue weighted by Gasteiger charge is 2.59. The van der Waals surface area contributed by atoms with E-state index in [1.165, 1.54) is 15.7 Å². The Morgan fingerprint density at radius 1 is 1.22 bits per heavy atom. The summed E-state index contributed by atoms with van der Waals surface area (Å²) in [6.45, 7) is 5.08. The number of carbonyl (C=O) groups excluding carboxylic acids is 1. The third-order valence-electron chi connectivity index (χ3n) is 8.44. The first-order chi connectivity index (χ1) is 17.5. The number of aromatic nitrogens is 1. The summed E-state index contributed by atoms with van der Waals surface area (Å²) in [5, 5.41) is 3.00. The van der Waals surface area contributed by atoms with Crippen molar-refractivity contribution < 1.29 is 22.7 Å². The number of nitrogens with one attached hydrogen (secondary N) is 1. The second-order valence-electron chi connectivity index (χ2n) is 11.0. The number of likely N-dealkylation sites (tertiary alicyclic amines) is 1. The number of hydrogen-bond acceptors (Lipinski definition) is 7. The number of nitrogens with zero attached hydrogens (tertiary/aromatic N) is 4. The number of amides is 1. The molecular weight excluding hydrogens is 500 g/mol. The highest BCUT2D eigenvalue weighted by molar-refractivity contribution is 8.26. The number of aryl methyl sites for hydroxylation is 1. The molecule has 8 nitrogen and oxygen atoms in total. The van der Waals surface area contributed by atoms with Gasteiger partial charge in [-0.05, 0) is 73.0 Å². The largest absolute Gasteiger partial charge is 0.356 e. The number of pyridine rings is 1. The quantitative estimate of drug-likeness (QED) is 0.515. The van der Waals surface area contributed by atoms with E-state index in [4.69, 9.17) is 4.98 Å². The molecule has 6 rings (SSSR count). The van der Waals surface area contributed by atoms with Crippen molar-refractivity contribution in [2.75, 3.05) is 41.8 Å². The van der Waals surface area contributed by atoms with E-state index in [0.29, 0.717) is 17.2 Å². The number of anilines is 2. The number of carbonyl (C=O) groups is 1. The van der Waals surface area contributed by atoms with E-state index >= 15 is 0 Å². The monoisotopic (exact) mass is 533 g/mol. The summed E-state index contributed by atoms with van der Waals surface area (Å²) in [6, 6.07) is 9.82. The van der Waals surface area contributed by atoms with Gasteiger partial charge in [0.05, 0.1) is 11.1 Å². The lowest BCUT2D eigenvalue weighted by Crippen LogP contribution is -2.46. The van der Waals surface area contributed by atoms with Crippen LogP contribution in [0.2, 0.25) is 0 Å². The van der Waals surface area contributed by atoms with E-state index in [0.717, 1.165) is 62.1 Å². The maximum atomic E-state index is 13.6. The zero-order chi connectivity index (χ0) is 26.2. The van der Waals surface area contributed by atoms with Crippen LogP contribution in [0.4, 0.5) is 20.3 Å². The van der Waals surface area contributed by atoms with Crippen LogP contribution < -0.4 is 13.9 Å². The Morgan fingerprint density at radius 3 is 2.70 bits per heavy atom. The van der Waals surface area contributed by atoms with Crippen LogP contribution in [0.3, 0.4) is 0 Å². The number of piperidine rings is 1. The fourth-order valence-corrected chi connectivity index (χ4v) is 7.50. The lowest BCUT2D eigenvalue weighted by molar-refractivity contribution is -0.130. The van der Waals surface area contributed by atoms with Crippen LogP contribution >= 0.6 is 11.0 Å². The molecule has 1 aliphatic carbocycles. The molecule has 37 heavy (non-hydrogen) atoms. The SMILES string of the molecule is Cc1ccc(CN2CCCC3(CCNC3=O)C2)cc1-c1ccc2c(n1)N(C)S(O)(O)N2CC1CC1(F)F. The van der Waals surface area contributed by atoms with Gasteiger partial charge in [0.25, 0.3) is 5.92 Å². The Morgan fingerprint density at radius 2 is 2.00 bits per heavy atom. The molecule has 2 saturated heterocycles. The minimum Gasteiger partial charge on any atom is -0.356 e. The predicted molar refractivity (Wildman–Crippen MR) is 141 cm³/mol. The summed E-state index contributed by atoms with van der Waals surface area (Å²) >= 11 is 0. The van der Waals surface area contributed by atoms with Crippen LogP contribution in [0.15, 0.2) is 30.3 Å². The molecule has 0 radical (unpaired) electrons. The number of halogens is 2. The third kappa shape index (κ3) is 4.16. The summed E-state index contributed by atoms with van der Waals surface area (Å²) in [6.07, 6.45) is 2.59. The molecule has 2 atom stereocenters. The average molecular weight is 534 g/mol. The number of benzene rings is 1. The van der Waals surface area contributed by atoms with Gasteiger partial charge < -0.3 is 5.32 Å². The van der Waals surface area contributed by atoms with Crippen LogP contribution in [0.1, 0.15) is 36.8 Å². The number of fused-ring (bicyclic) bond motifs is 1. The van der Waals surface area contributed by atoms with E-state index in [1.807, 2.05) is 13.0 Å². The Kier molecular flexibility index (Phi) is 5.72. The second kappa shape index (κ2) is 8.52. The molecule has 2 aromatic rings. The normalized spacial score (nSPS) is 28.9. The highest BCUT2D eigenvalue weighted by atomic mass is 32.3. The zero-order valence-corrected chi connectivity index (χ0v) is 21.9. The summed E-state index contributed by atoms with van der Waals surface area (Å²) in [5.74, 6) is -3.09. The van der Waals surface area contributed by atoms with Gasteiger partial charge in [-0.25, -0.2) is 22.4 Å². The van der Waals surface area contributed by atoms with E-state index in [2.05, 4.69) is 28.4 Å². The lowest BCUT2D eigenvalue weighted by Gasteiger charge is -2.41. The lowest BCUT2D eigenvalue weighted by atomic mass is 9.78. The molecule has 4 aliphatic rings. The molecule has 1 aromatic carbocycles. The molecule has 3 N–H and O–H groups in total. The minimum absolute atomic E-state index is 0.127. The Bertz CT molecular complexity index is 1260. The van der Waals surface area contributed by atoms with Crippen LogP contribution in [-0.2, 0) is 11.3 Å². The van der Waals surface area contributed by atoms with Crippen molar-refractivity contribution in [3.63, 3.8) is 0 Å². The summed E-state index contributed by atoms with van der Waals surface area (Å²) in [4.78, 5) is 19.6. The van der Waals surface area contributed by atoms with Crippen LogP contribution in [0.25, 0.3) is 11.3 Å². The average Bonchev–Trinajstić information content (AvgIpc) is 3.25. The van der Waals surface area contributed by atoms with E-state index in [9.17, 15) is 22.7 Å². The van der Waals surface area contributed by atoms with Gasteiger partial charge in [0.15, 0.2) is 5.82 Å². The van der Waals surface area contributed by atoms with Crippen molar-refractivity contribution in [1.29, 1.82) is 0 Å². The first-order valence-electron chi connectivity index (χ1n) is 12.8. The van der Waals surface area contributed by atoms with Gasteiger partial charge in [-0.2, -0.15) is 0 Å². The molecule has 2 unspecified atom stereocenters. The molecule has 3 fully saturated rings. The number of alkyl halides is 2. The molecule has 1 spiro atoms. The van der Waals surface area contributed by atoms with Gasteiger partial charge in [-0.1, -0.05) is 12.1 Å². The van der Waals surface area contributed by atoms with Crippen LogP contribution in [-0.4, -0.2) is 64.0 Å². The second-order valence-corrected chi connectivity index (χ2v) is 13.0. The third-order valence-corrected chi connectivity index (χ3v) is 10.3. The first kappa shape index (κ1) is 24.8. The van der Waals surface area contributed by atoms with E-state index in [1.54, 1.807) is 6.07 Å². The molecule has 1 amide bonds. The van der Waals surface area contributed by atoms with Crippen molar-refractivity contribution in [2.24, 2.45) is 11.3 Å². The highest BCUT2D eigenvalue weighted by Crippen LogP contribution is 2.62. The maximum absolute atomic E-state index is 13.6. The van der Waals surface area contributed by atoms with Gasteiger partial charge in [0.1, 0.15) is 5.69 Å². The van der Waals surface area contributed by atoms with Gasteiger partial charge in [-0.15, -0.1) is 0 Å². The van der Waals surface area contributed by atoms with Crippen molar-refractivity contribution in [3.8, 4) is 11.3 Å². The summed E-state index contributed by atoms with van der Waals surface area (Å²) < 4.78 is 51.4. The van der Waals surface area contributed by atoms with Gasteiger partial charge in [-0.3, -0.25) is 18.8 Å². The standard InChI is InChI=1S/C26H33F2N5O3S/c1-17-4-5-18(14-32-11-3-8-25(16-32)9-10-29-24(25)34)12-20(17)21-6-7-22-23(30-21)31(2)37(35,36)33(22)15-19-13-26(19,27)28/h4-7,12,19,35-36H,3,8-11,13-16H2,1-2H3,(H,29,34). The van der Waals surface area contributed by atoms with Gasteiger partial charge >= 0.3 is 0 Å². The molecule has 3 aliphatic heterocycles. The smallest absolute Gasteiger partial charge is 0.253 e. The molecule has 200 valence electrons. The molecule has 11 heteroatoms. The minimum atomic E-state index is -3.45. The van der Waals surface area contributed by atoms with Gasteiger partial charge in [0, 0.05) is 51.1 Å². The van der Waals surface area contributed by atoms with E-state index < -0.39 is 22.8 Å². The maximum Gasteiger partial charge on any atom is 0.253 e. The topological polar surface area (TPSA) is 92.2 Å². The molecule has 1 aromatic heterocycles.